The van der Waals surface area contributed by atoms with E-state index in [1.54, 1.807) is 0 Å². The Labute approximate surface area is 326 Å². The first kappa shape index (κ1) is 32.2. The summed E-state index contributed by atoms with van der Waals surface area (Å²) >= 11 is 0. The lowest BCUT2D eigenvalue weighted by molar-refractivity contribution is 1.61. The van der Waals surface area contributed by atoms with Gasteiger partial charge in [0.05, 0.1) is 0 Å². The van der Waals surface area contributed by atoms with Crippen molar-refractivity contribution in [3.8, 4) is 55.6 Å². The smallest absolute Gasteiger partial charge is 0.00928 e. The Balaban J connectivity index is 1.08. The quantitative estimate of drug-likeness (QED) is 0.156. The molecule has 0 N–H and O–H groups in total. The molecule has 0 saturated heterocycles. The van der Waals surface area contributed by atoms with Crippen molar-refractivity contribution in [3.05, 3.63) is 218 Å². The van der Waals surface area contributed by atoms with Gasteiger partial charge in [0.1, 0.15) is 0 Å². The van der Waals surface area contributed by atoms with Crippen LogP contribution in [0.15, 0.2) is 218 Å². The molecule has 56 heavy (non-hydrogen) atoms. The van der Waals surface area contributed by atoms with Gasteiger partial charge in [-0.3, -0.25) is 0 Å². The Morgan fingerprint density at radius 1 is 0.161 bits per heavy atom. The van der Waals surface area contributed by atoms with Gasteiger partial charge < -0.3 is 0 Å². The van der Waals surface area contributed by atoms with E-state index in [0.29, 0.717) is 0 Å². The van der Waals surface area contributed by atoms with Gasteiger partial charge in [-0.25, -0.2) is 0 Å². The highest BCUT2D eigenvalue weighted by Crippen LogP contribution is 2.42. The standard InChI is InChI=1S/C56H36/c1-2-12-41(13-3-1)53-33-44-16-8-9-17-45(44)34-54(53)49-27-29-52-51-28-26-47(40-20-18-39(19-21-40)46-24-22-37-10-4-6-14-42(37)30-46)32-50(51)36-55(56(52)35-49)48-25-23-38-11-5-7-15-43(38)31-48/h1-36H. The van der Waals surface area contributed by atoms with Crippen LogP contribution in [0.25, 0.3) is 109 Å². The fourth-order valence-electron chi connectivity index (χ4n) is 8.67. The first-order valence-corrected chi connectivity index (χ1v) is 19.4. The Morgan fingerprint density at radius 3 is 1.18 bits per heavy atom. The van der Waals surface area contributed by atoms with Crippen molar-refractivity contribution in [3.63, 3.8) is 0 Å². The minimum atomic E-state index is 1.21. The fourth-order valence-corrected chi connectivity index (χ4v) is 8.67. The molecule has 0 radical (unpaired) electrons. The SMILES string of the molecule is c1ccc(-c2cc3ccccc3cc2-c2ccc3c(c2)c(-c2ccc4ccccc4c2)cc2cc(-c4ccc(-c5ccc6ccccc6c5)cc4)ccc23)cc1. The molecule has 11 aromatic rings. The molecule has 0 heterocycles. The number of hydrogen-bond acceptors (Lipinski definition) is 0. The van der Waals surface area contributed by atoms with Gasteiger partial charge in [0.15, 0.2) is 0 Å². The zero-order valence-corrected chi connectivity index (χ0v) is 30.8. The molecular formula is C56H36. The zero-order valence-electron chi connectivity index (χ0n) is 30.8. The van der Waals surface area contributed by atoms with E-state index >= 15 is 0 Å². The summed E-state index contributed by atoms with van der Waals surface area (Å²) in [5.74, 6) is 0. The highest BCUT2D eigenvalue weighted by Gasteiger charge is 2.15. The molecule has 0 bridgehead atoms. The van der Waals surface area contributed by atoms with Crippen LogP contribution in [-0.2, 0) is 0 Å². The van der Waals surface area contributed by atoms with Gasteiger partial charge in [-0.2, -0.15) is 0 Å². The summed E-state index contributed by atoms with van der Waals surface area (Å²) in [6.45, 7) is 0. The first-order valence-electron chi connectivity index (χ1n) is 19.4. The van der Waals surface area contributed by atoms with E-state index in [1.807, 2.05) is 0 Å². The molecule has 0 aliphatic heterocycles. The molecule has 0 aliphatic carbocycles. The number of rotatable bonds is 5. The maximum Gasteiger partial charge on any atom is -0.00928 e. The van der Waals surface area contributed by atoms with Crippen LogP contribution in [0, 0.1) is 0 Å². The molecule has 11 aromatic carbocycles. The van der Waals surface area contributed by atoms with Gasteiger partial charge >= 0.3 is 0 Å². The van der Waals surface area contributed by atoms with Crippen LogP contribution in [0.5, 0.6) is 0 Å². The summed E-state index contributed by atoms with van der Waals surface area (Å²) in [7, 11) is 0. The van der Waals surface area contributed by atoms with Crippen molar-refractivity contribution in [2.45, 2.75) is 0 Å². The van der Waals surface area contributed by atoms with Crippen LogP contribution in [0.1, 0.15) is 0 Å². The summed E-state index contributed by atoms with van der Waals surface area (Å²) in [6.07, 6.45) is 0. The fraction of sp³-hybridized carbons (Fsp3) is 0. The summed E-state index contributed by atoms with van der Waals surface area (Å²) in [5.41, 5.74) is 12.3. The average molecular weight is 709 g/mol. The Hall–Kier alpha value is -7.28. The molecule has 0 fully saturated rings. The van der Waals surface area contributed by atoms with Crippen LogP contribution in [0.4, 0.5) is 0 Å². The zero-order chi connectivity index (χ0) is 37.0. The lowest BCUT2D eigenvalue weighted by atomic mass is 9.87. The van der Waals surface area contributed by atoms with E-state index < -0.39 is 0 Å². The second kappa shape index (κ2) is 13.2. The van der Waals surface area contributed by atoms with Crippen molar-refractivity contribution in [2.75, 3.05) is 0 Å². The Kier molecular flexibility index (Phi) is 7.60. The first-order chi connectivity index (χ1) is 27.7. The second-order valence-electron chi connectivity index (χ2n) is 14.9. The van der Waals surface area contributed by atoms with Crippen molar-refractivity contribution in [1.29, 1.82) is 0 Å². The second-order valence-corrected chi connectivity index (χ2v) is 14.9. The van der Waals surface area contributed by atoms with E-state index in [0.717, 1.165) is 0 Å². The van der Waals surface area contributed by atoms with Crippen LogP contribution < -0.4 is 0 Å². The van der Waals surface area contributed by atoms with Crippen LogP contribution in [0.2, 0.25) is 0 Å². The van der Waals surface area contributed by atoms with E-state index in [1.165, 1.54) is 109 Å². The van der Waals surface area contributed by atoms with Gasteiger partial charge in [0, 0.05) is 0 Å². The van der Waals surface area contributed by atoms with Crippen molar-refractivity contribution >= 4 is 53.9 Å². The number of fused-ring (bicyclic) bond motifs is 6. The Morgan fingerprint density at radius 2 is 0.554 bits per heavy atom. The minimum Gasteiger partial charge on any atom is -0.0622 e. The largest absolute Gasteiger partial charge is 0.0622 e. The van der Waals surface area contributed by atoms with Crippen LogP contribution >= 0.6 is 0 Å². The molecular weight excluding hydrogens is 673 g/mol. The average Bonchev–Trinajstić information content (AvgIpc) is 3.28. The molecule has 0 heteroatoms. The topological polar surface area (TPSA) is 0 Å². The van der Waals surface area contributed by atoms with Gasteiger partial charge in [-0.15, -0.1) is 0 Å². The molecule has 0 atom stereocenters. The molecule has 0 amide bonds. The molecule has 0 aromatic heterocycles. The van der Waals surface area contributed by atoms with E-state index in [2.05, 4.69) is 218 Å². The normalized spacial score (nSPS) is 11.6. The third-order valence-electron chi connectivity index (χ3n) is 11.6. The van der Waals surface area contributed by atoms with Crippen LogP contribution in [-0.4, -0.2) is 0 Å². The van der Waals surface area contributed by atoms with Gasteiger partial charge in [0.2, 0.25) is 0 Å². The lowest BCUT2D eigenvalue weighted by Gasteiger charge is -2.17. The van der Waals surface area contributed by atoms with Gasteiger partial charge in [0.25, 0.3) is 0 Å². The van der Waals surface area contributed by atoms with E-state index in [4.69, 9.17) is 0 Å². The Bertz CT molecular complexity index is 3280. The van der Waals surface area contributed by atoms with Crippen molar-refractivity contribution in [2.24, 2.45) is 0 Å². The third kappa shape index (κ3) is 5.63. The molecule has 0 nitrogen and oxygen atoms in total. The van der Waals surface area contributed by atoms with Crippen LogP contribution in [0.3, 0.4) is 0 Å². The highest BCUT2D eigenvalue weighted by molar-refractivity contribution is 6.16. The van der Waals surface area contributed by atoms with Crippen molar-refractivity contribution < 1.29 is 0 Å². The third-order valence-corrected chi connectivity index (χ3v) is 11.6. The monoisotopic (exact) mass is 708 g/mol. The predicted molar refractivity (Wildman–Crippen MR) is 241 cm³/mol. The van der Waals surface area contributed by atoms with E-state index in [9.17, 15) is 0 Å². The van der Waals surface area contributed by atoms with Gasteiger partial charge in [-0.05, 0) is 152 Å². The molecule has 0 aliphatic rings. The summed E-state index contributed by atoms with van der Waals surface area (Å²) in [6, 6.07) is 80.5. The minimum absolute atomic E-state index is 1.21. The molecule has 0 spiro atoms. The number of hydrogen-bond donors (Lipinski definition) is 0. The lowest BCUT2D eigenvalue weighted by Crippen LogP contribution is -1.90. The molecule has 0 unspecified atom stereocenters. The maximum atomic E-state index is 2.43. The van der Waals surface area contributed by atoms with E-state index in [-0.39, 0.29) is 0 Å². The summed E-state index contributed by atoms with van der Waals surface area (Å²) in [5, 5.41) is 12.5. The summed E-state index contributed by atoms with van der Waals surface area (Å²) in [4.78, 5) is 0. The summed E-state index contributed by atoms with van der Waals surface area (Å²) < 4.78 is 0. The highest BCUT2D eigenvalue weighted by atomic mass is 14.2. The van der Waals surface area contributed by atoms with Gasteiger partial charge in [-0.1, -0.05) is 176 Å². The molecule has 260 valence electrons. The molecule has 0 saturated carbocycles. The van der Waals surface area contributed by atoms with Crippen molar-refractivity contribution in [1.82, 2.24) is 0 Å². The number of benzene rings is 11. The molecule has 11 rings (SSSR count). The predicted octanol–water partition coefficient (Wildman–Crippen LogP) is 15.8. The maximum absolute atomic E-state index is 2.43.